The van der Waals surface area contributed by atoms with Crippen molar-refractivity contribution in [3.8, 4) is 0 Å². The van der Waals surface area contributed by atoms with Gasteiger partial charge in [-0.25, -0.2) is 0 Å². The summed E-state index contributed by atoms with van der Waals surface area (Å²) in [7, 11) is 0. The van der Waals surface area contributed by atoms with Crippen LogP contribution in [0.15, 0.2) is 71.6 Å². The van der Waals surface area contributed by atoms with Crippen LogP contribution in [-0.2, 0) is 4.79 Å². The standard InChI is InChI=1S/C18H15ClN2OS/c19-15-10-4-6-13-7-5-11-16(18(13)15)23-12-17(22)21-20-14-8-2-1-3-9-14/h1-11,20H,12H2,(H,21,22). The molecule has 3 nitrogen and oxygen atoms in total. The van der Waals surface area contributed by atoms with Crippen molar-refractivity contribution < 1.29 is 4.79 Å². The SMILES string of the molecule is O=C(CSc1cccc2cccc(Cl)c12)NNc1ccccc1. The van der Waals surface area contributed by atoms with Gasteiger partial charge in [-0.15, -0.1) is 11.8 Å². The van der Waals surface area contributed by atoms with Gasteiger partial charge in [-0.2, -0.15) is 0 Å². The number of halogens is 1. The largest absolute Gasteiger partial charge is 0.299 e. The van der Waals surface area contributed by atoms with Crippen molar-refractivity contribution in [2.45, 2.75) is 4.90 Å². The van der Waals surface area contributed by atoms with Crippen LogP contribution in [0.4, 0.5) is 5.69 Å². The lowest BCUT2D eigenvalue weighted by atomic mass is 10.1. The van der Waals surface area contributed by atoms with Crippen molar-refractivity contribution in [1.29, 1.82) is 0 Å². The molecule has 0 atom stereocenters. The van der Waals surface area contributed by atoms with Gasteiger partial charge in [-0.05, 0) is 29.7 Å². The molecule has 0 unspecified atom stereocenters. The maximum absolute atomic E-state index is 12.0. The molecule has 2 N–H and O–H groups in total. The number of hydrazine groups is 1. The first-order valence-corrected chi connectivity index (χ1v) is 8.50. The zero-order valence-corrected chi connectivity index (χ0v) is 13.8. The minimum absolute atomic E-state index is 0.0945. The summed E-state index contributed by atoms with van der Waals surface area (Å²) in [4.78, 5) is 13.0. The number of benzene rings is 3. The molecule has 0 radical (unpaired) electrons. The van der Waals surface area contributed by atoms with Crippen LogP contribution in [0.3, 0.4) is 0 Å². The second-order valence-electron chi connectivity index (χ2n) is 4.92. The average molecular weight is 343 g/mol. The molecule has 3 rings (SSSR count). The number of hydrogen-bond donors (Lipinski definition) is 2. The summed E-state index contributed by atoms with van der Waals surface area (Å²) in [6, 6.07) is 21.3. The maximum Gasteiger partial charge on any atom is 0.248 e. The summed E-state index contributed by atoms with van der Waals surface area (Å²) in [5, 5.41) is 2.77. The number of amides is 1. The molecule has 0 aliphatic rings. The lowest BCUT2D eigenvalue weighted by molar-refractivity contribution is -0.118. The van der Waals surface area contributed by atoms with Gasteiger partial charge in [0.05, 0.1) is 11.4 Å². The number of rotatable bonds is 5. The molecular weight excluding hydrogens is 328 g/mol. The van der Waals surface area contributed by atoms with E-state index >= 15 is 0 Å². The van der Waals surface area contributed by atoms with Crippen molar-refractivity contribution in [2.75, 3.05) is 11.2 Å². The molecule has 0 spiro atoms. The molecule has 0 saturated heterocycles. The Morgan fingerprint density at radius 3 is 2.48 bits per heavy atom. The molecule has 116 valence electrons. The quantitative estimate of drug-likeness (QED) is 0.520. The van der Waals surface area contributed by atoms with Gasteiger partial charge in [-0.3, -0.25) is 15.6 Å². The Hall–Kier alpha value is -2.17. The summed E-state index contributed by atoms with van der Waals surface area (Å²) >= 11 is 7.76. The lowest BCUT2D eigenvalue weighted by Crippen LogP contribution is -2.30. The minimum Gasteiger partial charge on any atom is -0.299 e. The van der Waals surface area contributed by atoms with Gasteiger partial charge in [0.1, 0.15) is 0 Å². The number of fused-ring (bicyclic) bond motifs is 1. The maximum atomic E-state index is 12.0. The normalized spacial score (nSPS) is 10.5. The fourth-order valence-electron chi connectivity index (χ4n) is 2.23. The predicted octanol–water partition coefficient (Wildman–Crippen LogP) is 4.73. The minimum atomic E-state index is -0.0945. The number of anilines is 1. The molecule has 1 amide bonds. The molecule has 0 bridgehead atoms. The van der Waals surface area contributed by atoms with E-state index in [0.717, 1.165) is 21.4 Å². The molecule has 0 aliphatic carbocycles. The Morgan fingerprint density at radius 1 is 0.957 bits per heavy atom. The molecule has 0 heterocycles. The highest BCUT2D eigenvalue weighted by atomic mass is 35.5. The molecule has 0 fully saturated rings. The van der Waals surface area contributed by atoms with Crippen LogP contribution >= 0.6 is 23.4 Å². The summed E-state index contributed by atoms with van der Waals surface area (Å²) in [5.74, 6) is 0.215. The number of nitrogens with one attached hydrogen (secondary N) is 2. The van der Waals surface area contributed by atoms with Crippen molar-refractivity contribution in [3.63, 3.8) is 0 Å². The van der Waals surface area contributed by atoms with Crippen LogP contribution in [0.5, 0.6) is 0 Å². The Morgan fingerprint density at radius 2 is 1.70 bits per heavy atom. The van der Waals surface area contributed by atoms with Crippen molar-refractivity contribution in [2.24, 2.45) is 0 Å². The third kappa shape index (κ3) is 3.97. The fraction of sp³-hybridized carbons (Fsp3) is 0.0556. The van der Waals surface area contributed by atoms with Crippen LogP contribution in [0, 0.1) is 0 Å². The number of carbonyl (C=O) groups is 1. The molecule has 0 aromatic heterocycles. The molecule has 3 aromatic carbocycles. The first-order valence-electron chi connectivity index (χ1n) is 7.14. The summed E-state index contributed by atoms with van der Waals surface area (Å²) < 4.78 is 0. The van der Waals surface area contributed by atoms with E-state index in [4.69, 9.17) is 11.6 Å². The first kappa shape index (κ1) is 15.7. The number of carbonyl (C=O) groups excluding carboxylic acids is 1. The van der Waals surface area contributed by atoms with Gasteiger partial charge in [0, 0.05) is 15.3 Å². The van der Waals surface area contributed by atoms with E-state index < -0.39 is 0 Å². The summed E-state index contributed by atoms with van der Waals surface area (Å²) in [5.41, 5.74) is 6.43. The van der Waals surface area contributed by atoms with Gasteiger partial charge < -0.3 is 0 Å². The average Bonchev–Trinajstić information content (AvgIpc) is 2.59. The highest BCUT2D eigenvalue weighted by Gasteiger charge is 2.08. The Kier molecular flexibility index (Phi) is 5.05. The zero-order valence-electron chi connectivity index (χ0n) is 12.3. The smallest absolute Gasteiger partial charge is 0.248 e. The third-order valence-corrected chi connectivity index (χ3v) is 4.67. The third-order valence-electron chi connectivity index (χ3n) is 3.29. The van der Waals surface area contributed by atoms with Crippen LogP contribution < -0.4 is 10.9 Å². The number of para-hydroxylation sites is 1. The van der Waals surface area contributed by atoms with Gasteiger partial charge in [0.15, 0.2) is 0 Å². The Balaban J connectivity index is 1.63. The van der Waals surface area contributed by atoms with E-state index in [-0.39, 0.29) is 5.91 Å². The second-order valence-corrected chi connectivity index (χ2v) is 6.35. The van der Waals surface area contributed by atoms with E-state index in [9.17, 15) is 4.79 Å². The summed E-state index contributed by atoms with van der Waals surface area (Å²) in [6.07, 6.45) is 0. The van der Waals surface area contributed by atoms with Gasteiger partial charge in [0.2, 0.25) is 5.91 Å². The van der Waals surface area contributed by atoms with Crippen molar-refractivity contribution >= 4 is 45.7 Å². The van der Waals surface area contributed by atoms with Gasteiger partial charge in [0.25, 0.3) is 0 Å². The molecule has 3 aromatic rings. The number of thioether (sulfide) groups is 1. The first-order chi connectivity index (χ1) is 11.2. The van der Waals surface area contributed by atoms with E-state index in [1.165, 1.54) is 11.8 Å². The second kappa shape index (κ2) is 7.40. The fourth-order valence-corrected chi connectivity index (χ4v) is 3.47. The topological polar surface area (TPSA) is 41.1 Å². The highest BCUT2D eigenvalue weighted by Crippen LogP contribution is 2.32. The zero-order chi connectivity index (χ0) is 16.1. The number of hydrogen-bond acceptors (Lipinski definition) is 3. The molecule has 0 aliphatic heterocycles. The summed E-state index contributed by atoms with van der Waals surface area (Å²) in [6.45, 7) is 0. The Bertz CT molecular complexity index is 818. The molecule has 5 heteroatoms. The predicted molar refractivity (Wildman–Crippen MR) is 97.9 cm³/mol. The van der Waals surface area contributed by atoms with Crippen LogP contribution in [0.1, 0.15) is 0 Å². The van der Waals surface area contributed by atoms with Crippen molar-refractivity contribution in [1.82, 2.24) is 5.43 Å². The van der Waals surface area contributed by atoms with E-state index in [1.54, 1.807) is 0 Å². The van der Waals surface area contributed by atoms with E-state index in [0.29, 0.717) is 10.8 Å². The lowest BCUT2D eigenvalue weighted by Gasteiger charge is -2.10. The van der Waals surface area contributed by atoms with E-state index in [1.807, 2.05) is 66.7 Å². The highest BCUT2D eigenvalue weighted by molar-refractivity contribution is 8.00. The van der Waals surface area contributed by atoms with Gasteiger partial charge >= 0.3 is 0 Å². The molecule has 0 saturated carbocycles. The van der Waals surface area contributed by atoms with Gasteiger partial charge in [-0.1, -0.05) is 54.1 Å². The molecular formula is C18H15ClN2OS. The van der Waals surface area contributed by atoms with Crippen LogP contribution in [0.2, 0.25) is 5.02 Å². The Labute approximate surface area is 144 Å². The van der Waals surface area contributed by atoms with Crippen LogP contribution in [0.25, 0.3) is 10.8 Å². The molecule has 23 heavy (non-hydrogen) atoms. The van der Waals surface area contributed by atoms with E-state index in [2.05, 4.69) is 10.9 Å². The van der Waals surface area contributed by atoms with Crippen LogP contribution in [-0.4, -0.2) is 11.7 Å². The monoisotopic (exact) mass is 342 g/mol. The van der Waals surface area contributed by atoms with Crippen molar-refractivity contribution in [3.05, 3.63) is 71.8 Å².